The molecule has 0 atom stereocenters. The number of aromatic nitrogens is 1. The lowest BCUT2D eigenvalue weighted by atomic mass is 9.99. The Labute approximate surface area is 170 Å². The maximum absolute atomic E-state index is 12.8. The van der Waals surface area contributed by atoms with Gasteiger partial charge in [0, 0.05) is 41.8 Å². The number of carbonyl (C=O) groups excluding carboxylic acids is 2. The number of fused-ring (bicyclic) bond motifs is 1. The van der Waals surface area contributed by atoms with E-state index in [2.05, 4.69) is 12.2 Å². The van der Waals surface area contributed by atoms with E-state index in [1.165, 1.54) is 0 Å². The van der Waals surface area contributed by atoms with Crippen LogP contribution in [-0.4, -0.2) is 40.4 Å². The molecule has 4 rings (SSSR count). The number of benzene rings is 1. The summed E-state index contributed by atoms with van der Waals surface area (Å²) in [5, 5.41) is 13.3. The van der Waals surface area contributed by atoms with Crippen molar-refractivity contribution >= 4 is 28.8 Å². The van der Waals surface area contributed by atoms with Crippen molar-refractivity contribution in [2.24, 2.45) is 5.92 Å². The molecule has 2 heterocycles. The van der Waals surface area contributed by atoms with Gasteiger partial charge in [-0.15, -0.1) is 0 Å². The first-order valence-corrected chi connectivity index (χ1v) is 10.3. The molecule has 0 unspecified atom stereocenters. The zero-order valence-corrected chi connectivity index (χ0v) is 16.7. The van der Waals surface area contributed by atoms with Gasteiger partial charge in [0.2, 0.25) is 5.91 Å². The summed E-state index contributed by atoms with van der Waals surface area (Å²) in [4.78, 5) is 27.1. The Morgan fingerprint density at radius 2 is 1.93 bits per heavy atom. The number of para-hydroxylation sites is 1. The zero-order valence-electron chi connectivity index (χ0n) is 16.7. The van der Waals surface area contributed by atoms with Crippen LogP contribution in [0.1, 0.15) is 38.2 Å². The van der Waals surface area contributed by atoms with Gasteiger partial charge in [-0.2, -0.15) is 5.26 Å². The van der Waals surface area contributed by atoms with Crippen LogP contribution in [0.25, 0.3) is 17.0 Å². The quantitative estimate of drug-likeness (QED) is 0.629. The number of likely N-dealkylation sites (tertiary alicyclic amines) is 1. The highest BCUT2D eigenvalue weighted by molar-refractivity contribution is 6.04. The van der Waals surface area contributed by atoms with Crippen LogP contribution in [0.5, 0.6) is 0 Å². The summed E-state index contributed by atoms with van der Waals surface area (Å²) in [6, 6.07) is 10.0. The average molecular weight is 390 g/mol. The average Bonchev–Trinajstić information content (AvgIpc) is 3.48. The molecule has 1 aromatic carbocycles. The number of hydrogen-bond donors (Lipinski definition) is 1. The van der Waals surface area contributed by atoms with Gasteiger partial charge in [0.15, 0.2) is 0 Å². The standard InChI is InChI=1S/C23H26N4O2/c1-16-8-10-26(11-9-16)22(28)15-27-14-18(20-4-2-3-5-21(20)27)12-17(13-24)23(29)25-19-6-7-19/h2-5,12,14,16,19H,6-11,15H2,1H3,(H,25,29)/b17-12+. The van der Waals surface area contributed by atoms with Crippen molar-refractivity contribution in [3.05, 3.63) is 41.6 Å². The van der Waals surface area contributed by atoms with E-state index in [0.29, 0.717) is 5.92 Å². The van der Waals surface area contributed by atoms with E-state index in [4.69, 9.17) is 0 Å². The summed E-state index contributed by atoms with van der Waals surface area (Å²) in [6.45, 7) is 4.11. The molecule has 2 amide bonds. The minimum absolute atomic E-state index is 0.0937. The minimum atomic E-state index is -0.328. The van der Waals surface area contributed by atoms with Crippen LogP contribution in [0, 0.1) is 17.2 Å². The van der Waals surface area contributed by atoms with Crippen LogP contribution in [0.3, 0.4) is 0 Å². The third-order valence-corrected chi connectivity index (χ3v) is 5.84. The lowest BCUT2D eigenvalue weighted by Gasteiger charge is -2.30. The first-order chi connectivity index (χ1) is 14.0. The van der Waals surface area contributed by atoms with Gasteiger partial charge < -0.3 is 14.8 Å². The number of carbonyl (C=O) groups is 2. The monoisotopic (exact) mass is 390 g/mol. The summed E-state index contributed by atoms with van der Waals surface area (Å²) >= 11 is 0. The molecule has 2 aromatic rings. The summed E-state index contributed by atoms with van der Waals surface area (Å²) in [6.07, 6.45) is 7.55. The maximum Gasteiger partial charge on any atom is 0.262 e. The first-order valence-electron chi connectivity index (χ1n) is 10.3. The Morgan fingerprint density at radius 3 is 2.62 bits per heavy atom. The van der Waals surface area contributed by atoms with Crippen LogP contribution in [0.2, 0.25) is 0 Å². The van der Waals surface area contributed by atoms with Crippen molar-refractivity contribution < 1.29 is 9.59 Å². The zero-order chi connectivity index (χ0) is 20.4. The molecule has 150 valence electrons. The Balaban J connectivity index is 1.59. The van der Waals surface area contributed by atoms with E-state index in [0.717, 1.165) is 55.2 Å². The van der Waals surface area contributed by atoms with Crippen LogP contribution in [0.15, 0.2) is 36.0 Å². The van der Waals surface area contributed by atoms with Crippen LogP contribution in [0.4, 0.5) is 0 Å². The molecule has 0 spiro atoms. The number of nitrogens with one attached hydrogen (secondary N) is 1. The van der Waals surface area contributed by atoms with Crippen molar-refractivity contribution in [2.75, 3.05) is 13.1 Å². The molecule has 1 aliphatic heterocycles. The third kappa shape index (κ3) is 4.34. The Bertz CT molecular complexity index is 1000. The van der Waals surface area contributed by atoms with Crippen LogP contribution >= 0.6 is 0 Å². The van der Waals surface area contributed by atoms with Gasteiger partial charge >= 0.3 is 0 Å². The Morgan fingerprint density at radius 1 is 1.21 bits per heavy atom. The van der Waals surface area contributed by atoms with Crippen molar-refractivity contribution in [2.45, 2.75) is 45.2 Å². The second-order valence-corrected chi connectivity index (χ2v) is 8.21. The maximum atomic E-state index is 12.8. The molecule has 2 fully saturated rings. The van der Waals surface area contributed by atoms with Gasteiger partial charge in [0.05, 0.1) is 0 Å². The highest BCUT2D eigenvalue weighted by atomic mass is 16.2. The summed E-state index contributed by atoms with van der Waals surface area (Å²) in [7, 11) is 0. The fraction of sp³-hybridized carbons (Fsp3) is 0.435. The molecule has 1 saturated heterocycles. The molecule has 1 aliphatic carbocycles. The summed E-state index contributed by atoms with van der Waals surface area (Å²) < 4.78 is 1.93. The summed E-state index contributed by atoms with van der Waals surface area (Å²) in [5.74, 6) is 0.458. The minimum Gasteiger partial charge on any atom is -0.349 e. The predicted octanol–water partition coefficient (Wildman–Crippen LogP) is 3.09. The van der Waals surface area contributed by atoms with E-state index in [1.807, 2.05) is 46.0 Å². The molecule has 0 bridgehead atoms. The smallest absolute Gasteiger partial charge is 0.262 e. The topological polar surface area (TPSA) is 78.1 Å². The van der Waals surface area contributed by atoms with E-state index in [1.54, 1.807) is 6.08 Å². The van der Waals surface area contributed by atoms with Crippen molar-refractivity contribution in [1.29, 1.82) is 5.26 Å². The fourth-order valence-corrected chi connectivity index (χ4v) is 3.82. The van der Waals surface area contributed by atoms with E-state index in [9.17, 15) is 14.9 Å². The van der Waals surface area contributed by atoms with Gasteiger partial charge in [0.25, 0.3) is 5.91 Å². The van der Waals surface area contributed by atoms with E-state index < -0.39 is 0 Å². The second-order valence-electron chi connectivity index (χ2n) is 8.21. The number of nitrogens with zero attached hydrogens (tertiary/aromatic N) is 3. The molecule has 6 heteroatoms. The van der Waals surface area contributed by atoms with E-state index >= 15 is 0 Å². The summed E-state index contributed by atoms with van der Waals surface area (Å²) in [5.41, 5.74) is 1.80. The van der Waals surface area contributed by atoms with Crippen molar-refractivity contribution in [3.8, 4) is 6.07 Å². The Hall–Kier alpha value is -3.07. The number of rotatable bonds is 5. The molecule has 1 N–H and O–H groups in total. The predicted molar refractivity (Wildman–Crippen MR) is 112 cm³/mol. The van der Waals surface area contributed by atoms with Gasteiger partial charge in [0.1, 0.15) is 18.2 Å². The first kappa shape index (κ1) is 19.3. The molecule has 6 nitrogen and oxygen atoms in total. The van der Waals surface area contributed by atoms with Crippen LogP contribution < -0.4 is 5.32 Å². The lowest BCUT2D eigenvalue weighted by Crippen LogP contribution is -2.39. The Kier molecular flexibility index (Phi) is 5.39. The third-order valence-electron chi connectivity index (χ3n) is 5.84. The van der Waals surface area contributed by atoms with Gasteiger partial charge in [-0.3, -0.25) is 9.59 Å². The lowest BCUT2D eigenvalue weighted by molar-refractivity contribution is -0.133. The van der Waals surface area contributed by atoms with Crippen molar-refractivity contribution in [1.82, 2.24) is 14.8 Å². The number of hydrogen-bond acceptors (Lipinski definition) is 3. The highest BCUT2D eigenvalue weighted by Gasteiger charge is 2.25. The van der Waals surface area contributed by atoms with Gasteiger partial charge in [-0.05, 0) is 43.7 Å². The number of nitriles is 1. The normalized spacial score (nSPS) is 17.9. The van der Waals surface area contributed by atoms with E-state index in [-0.39, 0.29) is 30.0 Å². The number of piperidine rings is 1. The molecular weight excluding hydrogens is 364 g/mol. The molecule has 2 aliphatic rings. The molecule has 29 heavy (non-hydrogen) atoms. The second kappa shape index (κ2) is 8.12. The van der Waals surface area contributed by atoms with Gasteiger partial charge in [-0.25, -0.2) is 0 Å². The van der Waals surface area contributed by atoms with Crippen molar-refractivity contribution in [3.63, 3.8) is 0 Å². The number of amides is 2. The fourth-order valence-electron chi connectivity index (χ4n) is 3.82. The van der Waals surface area contributed by atoms with Crippen LogP contribution in [-0.2, 0) is 16.1 Å². The molecule has 1 saturated carbocycles. The van der Waals surface area contributed by atoms with Gasteiger partial charge in [-0.1, -0.05) is 25.1 Å². The molecule has 0 radical (unpaired) electrons. The molecular formula is C23H26N4O2. The SMILES string of the molecule is CC1CCN(C(=O)Cn2cc(/C=C(\C#N)C(=O)NC3CC3)c3ccccc32)CC1. The molecule has 1 aromatic heterocycles. The highest BCUT2D eigenvalue weighted by Crippen LogP contribution is 2.25. The largest absolute Gasteiger partial charge is 0.349 e.